The predicted octanol–water partition coefficient (Wildman–Crippen LogP) is 2.39. The second-order valence-electron chi connectivity index (χ2n) is 14.5. The molecule has 4 aliphatic heterocycles. The van der Waals surface area contributed by atoms with Crippen LogP contribution in [0.15, 0.2) is 30.3 Å². The number of esters is 1. The number of hydrogen-bond acceptors (Lipinski definition) is 13. The van der Waals surface area contributed by atoms with Crippen LogP contribution in [0.2, 0.25) is 0 Å². The molecule has 15 nitrogen and oxygen atoms in total. The van der Waals surface area contributed by atoms with Gasteiger partial charge in [-0.3, -0.25) is 9.59 Å². The third-order valence-electron chi connectivity index (χ3n) is 8.62. The number of benzene rings is 1. The van der Waals surface area contributed by atoms with Gasteiger partial charge in [-0.15, -0.1) is 0 Å². The Morgan fingerprint density at radius 2 is 1.29 bits per heavy atom. The summed E-state index contributed by atoms with van der Waals surface area (Å²) in [7, 11) is 2.98. The number of fused-ring (bicyclic) bond motifs is 2. The van der Waals surface area contributed by atoms with Crippen molar-refractivity contribution in [2.24, 2.45) is 11.8 Å². The zero-order chi connectivity index (χ0) is 35.7. The lowest BCUT2D eigenvalue weighted by molar-refractivity contribution is -0.224. The fourth-order valence-corrected chi connectivity index (χ4v) is 6.57. The Balaban J connectivity index is 1.35. The summed E-state index contributed by atoms with van der Waals surface area (Å²) in [6.07, 6.45) is -6.78. The second kappa shape index (κ2) is 14.8. The molecule has 0 unspecified atom stereocenters. The molecule has 274 valence electrons. The number of amides is 2. The molecular weight excluding hydrogens is 644 g/mol. The summed E-state index contributed by atoms with van der Waals surface area (Å²) in [6.45, 7) is 11.8. The Morgan fingerprint density at radius 3 is 1.80 bits per heavy atom. The molecule has 4 saturated heterocycles. The molecule has 2 N–H and O–H groups in total. The van der Waals surface area contributed by atoms with Crippen LogP contribution in [0.5, 0.6) is 0 Å². The van der Waals surface area contributed by atoms with Crippen molar-refractivity contribution in [1.82, 2.24) is 10.6 Å². The van der Waals surface area contributed by atoms with Crippen LogP contribution in [0, 0.1) is 11.8 Å². The molecule has 4 heterocycles. The summed E-state index contributed by atoms with van der Waals surface area (Å²) in [5.41, 5.74) is 0.0216. The number of alkyl carbamates (subject to hydrolysis) is 1. The minimum atomic E-state index is -1.03. The highest BCUT2D eigenvalue weighted by atomic mass is 16.9. The molecule has 0 radical (unpaired) electrons. The van der Waals surface area contributed by atoms with Crippen LogP contribution in [-0.2, 0) is 63.6 Å². The first kappa shape index (κ1) is 37.4. The number of ether oxygens (including phenoxy) is 10. The summed E-state index contributed by atoms with van der Waals surface area (Å²) in [6, 6.07) is 9.22. The number of nitrogens with one attached hydrogen (secondary N) is 2. The Hall–Kier alpha value is -2.89. The van der Waals surface area contributed by atoms with Crippen molar-refractivity contribution in [1.29, 1.82) is 0 Å². The summed E-state index contributed by atoms with van der Waals surface area (Å²) in [5.74, 6) is -5.05. The Morgan fingerprint density at radius 1 is 0.776 bits per heavy atom. The van der Waals surface area contributed by atoms with Gasteiger partial charge in [-0.25, -0.2) is 4.79 Å². The molecule has 1 aromatic rings. The topological polar surface area (TPSA) is 168 Å². The molecule has 0 aromatic heterocycles. The molecule has 1 aromatic carbocycles. The van der Waals surface area contributed by atoms with Crippen molar-refractivity contribution in [3.63, 3.8) is 0 Å². The highest BCUT2D eigenvalue weighted by Crippen LogP contribution is 2.42. The molecule has 4 aliphatic rings. The lowest BCUT2D eigenvalue weighted by Crippen LogP contribution is -2.53. The van der Waals surface area contributed by atoms with Crippen molar-refractivity contribution < 1.29 is 61.8 Å². The molecule has 10 atom stereocenters. The number of rotatable bonds is 12. The van der Waals surface area contributed by atoms with Crippen LogP contribution < -0.4 is 10.6 Å². The lowest BCUT2D eigenvalue weighted by Gasteiger charge is -2.31. The summed E-state index contributed by atoms with van der Waals surface area (Å²) < 4.78 is 59.0. The van der Waals surface area contributed by atoms with Gasteiger partial charge in [0.1, 0.15) is 54.7 Å². The van der Waals surface area contributed by atoms with E-state index in [0.717, 1.165) is 5.56 Å². The van der Waals surface area contributed by atoms with Crippen molar-refractivity contribution in [2.75, 3.05) is 27.3 Å². The predicted molar refractivity (Wildman–Crippen MR) is 169 cm³/mol. The summed E-state index contributed by atoms with van der Waals surface area (Å²) >= 11 is 0. The molecule has 0 spiro atoms. The van der Waals surface area contributed by atoms with Crippen LogP contribution in [0.1, 0.15) is 54.0 Å². The van der Waals surface area contributed by atoms with E-state index in [-0.39, 0.29) is 19.7 Å². The summed E-state index contributed by atoms with van der Waals surface area (Å²) in [5, 5.41) is 5.54. The van der Waals surface area contributed by atoms with Crippen LogP contribution in [-0.4, -0.2) is 112 Å². The minimum absolute atomic E-state index is 0.00830. The van der Waals surface area contributed by atoms with Gasteiger partial charge in [0.25, 0.3) is 0 Å². The SMILES string of the molecule is CO[C@@H]1[C@H]2OC(C)(C)O[C@H]2O[C@@H]1[C@H](CNC(=O)OC(C)(C)C)C(=O)NC[C@@H](C(=O)OCc1ccccc1)[C@H]1O[C@@H]2OC(C)(C)O[C@@H]2[C@H]1OC. The van der Waals surface area contributed by atoms with E-state index < -0.39 is 96.2 Å². The van der Waals surface area contributed by atoms with Gasteiger partial charge in [0.15, 0.2) is 24.2 Å². The number of methoxy groups -OCH3 is 2. The zero-order valence-electron chi connectivity index (χ0n) is 29.6. The molecule has 0 bridgehead atoms. The molecule has 5 rings (SSSR count). The van der Waals surface area contributed by atoms with E-state index in [1.807, 2.05) is 30.3 Å². The van der Waals surface area contributed by atoms with E-state index in [4.69, 9.17) is 47.4 Å². The monoisotopic (exact) mass is 694 g/mol. The van der Waals surface area contributed by atoms with E-state index in [1.165, 1.54) is 14.2 Å². The van der Waals surface area contributed by atoms with E-state index in [2.05, 4.69) is 10.6 Å². The quantitative estimate of drug-likeness (QED) is 0.307. The maximum Gasteiger partial charge on any atom is 0.407 e. The molecule has 2 amide bonds. The number of carbonyl (C=O) groups excluding carboxylic acids is 3. The van der Waals surface area contributed by atoms with Gasteiger partial charge >= 0.3 is 12.1 Å². The average Bonchev–Trinajstić information content (AvgIpc) is 3.69. The van der Waals surface area contributed by atoms with E-state index in [0.29, 0.717) is 0 Å². The Kier molecular flexibility index (Phi) is 11.3. The fraction of sp³-hybridized carbons (Fsp3) is 0.735. The fourth-order valence-electron chi connectivity index (χ4n) is 6.57. The van der Waals surface area contributed by atoms with Crippen molar-refractivity contribution in [3.05, 3.63) is 35.9 Å². The maximum atomic E-state index is 14.1. The van der Waals surface area contributed by atoms with Gasteiger partial charge in [0.05, 0.1) is 5.92 Å². The van der Waals surface area contributed by atoms with E-state index in [1.54, 1.807) is 48.5 Å². The Labute approximate surface area is 286 Å². The van der Waals surface area contributed by atoms with Gasteiger partial charge in [-0.1, -0.05) is 30.3 Å². The molecular formula is C34H50N2O13. The summed E-state index contributed by atoms with van der Waals surface area (Å²) in [4.78, 5) is 40.5. The Bertz CT molecular complexity index is 1320. The van der Waals surface area contributed by atoms with E-state index in [9.17, 15) is 14.4 Å². The highest BCUT2D eigenvalue weighted by molar-refractivity contribution is 5.81. The van der Waals surface area contributed by atoms with Crippen LogP contribution in [0.25, 0.3) is 0 Å². The third-order valence-corrected chi connectivity index (χ3v) is 8.62. The van der Waals surface area contributed by atoms with Crippen LogP contribution in [0.4, 0.5) is 4.79 Å². The number of hydrogen-bond donors (Lipinski definition) is 2. The molecule has 49 heavy (non-hydrogen) atoms. The van der Waals surface area contributed by atoms with Gasteiger partial charge in [0.2, 0.25) is 5.91 Å². The zero-order valence-corrected chi connectivity index (χ0v) is 29.6. The molecule has 4 fully saturated rings. The first-order valence-electron chi connectivity index (χ1n) is 16.5. The minimum Gasteiger partial charge on any atom is -0.460 e. The molecule has 0 aliphatic carbocycles. The highest BCUT2D eigenvalue weighted by Gasteiger charge is 2.59. The van der Waals surface area contributed by atoms with Crippen LogP contribution >= 0.6 is 0 Å². The van der Waals surface area contributed by atoms with Gasteiger partial charge < -0.3 is 58.0 Å². The number of carbonyl (C=O) groups is 3. The van der Waals surface area contributed by atoms with Crippen molar-refractivity contribution in [2.45, 2.75) is 121 Å². The van der Waals surface area contributed by atoms with Gasteiger partial charge in [-0.2, -0.15) is 0 Å². The smallest absolute Gasteiger partial charge is 0.407 e. The largest absolute Gasteiger partial charge is 0.460 e. The van der Waals surface area contributed by atoms with E-state index >= 15 is 0 Å². The van der Waals surface area contributed by atoms with Gasteiger partial charge in [0, 0.05) is 27.3 Å². The third kappa shape index (κ3) is 8.89. The van der Waals surface area contributed by atoms with Crippen molar-refractivity contribution >= 4 is 18.0 Å². The standard InChI is InChI=1S/C34H50N2O13/c1-32(2,3)49-31(39)36-15-19(21-23(40-8)25-29(43-21)47-33(4,5)45-25)27(37)35-16-20(28(38)42-17-18-13-11-10-12-14-18)22-24(41-9)26-30(44-22)48-34(6,7)46-26/h10-14,19-26,29-30H,15-17H2,1-9H3,(H,35,37)(H,36,39)/t19-,20+,21+,22+,23-,24-,25+,26+,29+,30+/m0/s1. The normalized spacial score (nSPS) is 32.5. The molecule has 0 saturated carbocycles. The molecule has 15 heteroatoms. The first-order valence-corrected chi connectivity index (χ1v) is 16.5. The maximum absolute atomic E-state index is 14.1. The van der Waals surface area contributed by atoms with Crippen LogP contribution in [0.3, 0.4) is 0 Å². The van der Waals surface area contributed by atoms with Gasteiger partial charge in [-0.05, 0) is 54.0 Å². The first-order chi connectivity index (χ1) is 23.0. The van der Waals surface area contributed by atoms with Crippen molar-refractivity contribution in [3.8, 4) is 0 Å². The second-order valence-corrected chi connectivity index (χ2v) is 14.5. The lowest BCUT2D eigenvalue weighted by atomic mass is 9.93. The average molecular weight is 695 g/mol.